The summed E-state index contributed by atoms with van der Waals surface area (Å²) in [5, 5.41) is 81.4. The van der Waals surface area contributed by atoms with Gasteiger partial charge in [0.25, 0.3) is 0 Å². The highest BCUT2D eigenvalue weighted by Crippen LogP contribution is 2.76. The predicted octanol–water partition coefficient (Wildman–Crippen LogP) is -0.814. The highest BCUT2D eigenvalue weighted by molar-refractivity contribution is 5.33. The quantitative estimate of drug-likeness (QED) is 0.222. The third-order valence-corrected chi connectivity index (χ3v) is 12.8. The summed E-state index contributed by atoms with van der Waals surface area (Å²) in [6.45, 7) is 7.40. The minimum absolute atomic E-state index is 0.130. The lowest BCUT2D eigenvalue weighted by Gasteiger charge is -2.63. The summed E-state index contributed by atoms with van der Waals surface area (Å²) >= 11 is 0. The number of ether oxygens (including phenoxy) is 1. The highest BCUT2D eigenvalue weighted by atomic mass is 16.7. The van der Waals surface area contributed by atoms with Gasteiger partial charge in [-0.2, -0.15) is 0 Å². The van der Waals surface area contributed by atoms with Crippen molar-refractivity contribution in [1.82, 2.24) is 4.90 Å². The van der Waals surface area contributed by atoms with Crippen LogP contribution in [0.1, 0.15) is 59.3 Å². The van der Waals surface area contributed by atoms with Crippen LogP contribution in [0.15, 0.2) is 0 Å². The van der Waals surface area contributed by atoms with Gasteiger partial charge in [-0.05, 0) is 63.2 Å². The molecule has 204 valence electrons. The molecule has 0 amide bonds. The van der Waals surface area contributed by atoms with E-state index in [4.69, 9.17) is 4.74 Å². The van der Waals surface area contributed by atoms with Crippen molar-refractivity contribution in [3.05, 3.63) is 0 Å². The Kier molecular flexibility index (Phi) is 4.82. The summed E-state index contributed by atoms with van der Waals surface area (Å²) in [5.74, 6) is -4.29. The van der Waals surface area contributed by atoms with E-state index in [0.29, 0.717) is 31.7 Å². The standard InChI is InChI=1S/C27H43NO8/c1-12-4-5-17-24(3,33)19-13(11-28(17)10-12)14-9-25-21(26(14,34)22(32)20(19)31)15(29)8-16-23(25,2)7-6-18(30)27(16,35)36-25/h12-22,29-35H,4-11H2,1-3H3/t12?,13?,14?,15-,16?,17?,18?,19?,20?,21?,22+,23?,24-,25?,26+,27?/m1/s1. The Labute approximate surface area is 212 Å². The van der Waals surface area contributed by atoms with E-state index >= 15 is 0 Å². The Morgan fingerprint density at radius 2 is 1.67 bits per heavy atom. The van der Waals surface area contributed by atoms with Crippen LogP contribution in [0.25, 0.3) is 0 Å². The fourth-order valence-electron chi connectivity index (χ4n) is 11.4. The zero-order valence-corrected chi connectivity index (χ0v) is 21.5. The number of rotatable bonds is 0. The second kappa shape index (κ2) is 7.04. The van der Waals surface area contributed by atoms with Crippen molar-refractivity contribution < 1.29 is 40.5 Å². The highest BCUT2D eigenvalue weighted by Gasteiger charge is 2.86. The van der Waals surface area contributed by atoms with Gasteiger partial charge < -0.3 is 40.5 Å². The lowest BCUT2D eigenvalue weighted by Crippen LogP contribution is -2.76. The number of aliphatic hydroxyl groups is 7. The SMILES string of the molecule is CC1CCC2N(C1)CC1C(C(O)[C@H](O)[C@]3(O)C1CC14OC5(O)C(O)CCC1(C)C5C[C@@H](O)C43)[C@]2(C)O. The maximum atomic E-state index is 12.5. The van der Waals surface area contributed by atoms with Crippen molar-refractivity contribution in [3.63, 3.8) is 0 Å². The zero-order valence-electron chi connectivity index (χ0n) is 21.5. The van der Waals surface area contributed by atoms with Crippen LogP contribution in [0.4, 0.5) is 0 Å². The lowest BCUT2D eigenvalue weighted by atomic mass is 9.49. The van der Waals surface area contributed by atoms with Crippen LogP contribution in [0.2, 0.25) is 0 Å². The third-order valence-electron chi connectivity index (χ3n) is 12.8. The topological polar surface area (TPSA) is 154 Å². The molecule has 9 nitrogen and oxygen atoms in total. The predicted molar refractivity (Wildman–Crippen MR) is 126 cm³/mol. The van der Waals surface area contributed by atoms with E-state index in [9.17, 15) is 35.7 Å². The lowest BCUT2D eigenvalue weighted by molar-refractivity contribution is -0.295. The molecule has 4 aliphatic carbocycles. The van der Waals surface area contributed by atoms with Crippen LogP contribution in [-0.2, 0) is 4.74 Å². The molecule has 0 aromatic carbocycles. The van der Waals surface area contributed by atoms with Crippen LogP contribution in [-0.4, -0.2) is 107 Å². The number of hydrogen-bond acceptors (Lipinski definition) is 9. The van der Waals surface area contributed by atoms with Crippen molar-refractivity contribution >= 4 is 0 Å². The number of fused-ring (bicyclic) bond motifs is 5. The molecule has 36 heavy (non-hydrogen) atoms. The van der Waals surface area contributed by atoms with Crippen LogP contribution >= 0.6 is 0 Å². The molecule has 16 atom stereocenters. The molecular weight excluding hydrogens is 466 g/mol. The third kappa shape index (κ3) is 2.46. The monoisotopic (exact) mass is 509 g/mol. The van der Waals surface area contributed by atoms with E-state index in [2.05, 4.69) is 11.8 Å². The maximum absolute atomic E-state index is 12.5. The van der Waals surface area contributed by atoms with E-state index in [1.807, 2.05) is 6.92 Å². The molecule has 12 unspecified atom stereocenters. The van der Waals surface area contributed by atoms with Crippen LogP contribution in [0.3, 0.4) is 0 Å². The smallest absolute Gasteiger partial charge is 0.196 e. The van der Waals surface area contributed by atoms with Gasteiger partial charge in [-0.3, -0.25) is 4.90 Å². The maximum Gasteiger partial charge on any atom is 0.196 e. The number of piperidine rings is 2. The zero-order chi connectivity index (χ0) is 25.8. The molecule has 3 aliphatic heterocycles. The van der Waals surface area contributed by atoms with Crippen molar-refractivity contribution in [2.45, 2.75) is 112 Å². The van der Waals surface area contributed by atoms with Crippen molar-refractivity contribution in [2.24, 2.45) is 40.9 Å². The Hall–Kier alpha value is -0.360. The van der Waals surface area contributed by atoms with Crippen molar-refractivity contribution in [1.29, 1.82) is 0 Å². The largest absolute Gasteiger partial charge is 0.393 e. The van der Waals surface area contributed by atoms with Gasteiger partial charge in [0, 0.05) is 42.3 Å². The second-order valence-electron chi connectivity index (χ2n) is 14.2. The van der Waals surface area contributed by atoms with Crippen molar-refractivity contribution in [2.75, 3.05) is 13.1 Å². The molecule has 4 bridgehead atoms. The summed E-state index contributed by atoms with van der Waals surface area (Å²) in [7, 11) is 0. The summed E-state index contributed by atoms with van der Waals surface area (Å²) < 4.78 is 6.51. The van der Waals surface area contributed by atoms with Gasteiger partial charge in [0.1, 0.15) is 17.8 Å². The van der Waals surface area contributed by atoms with E-state index < -0.39 is 76.1 Å². The van der Waals surface area contributed by atoms with Gasteiger partial charge in [0.2, 0.25) is 0 Å². The molecule has 1 spiro atoms. The fraction of sp³-hybridized carbons (Fsp3) is 1.00. The Morgan fingerprint density at radius 1 is 0.944 bits per heavy atom. The molecule has 0 radical (unpaired) electrons. The number of aliphatic hydroxyl groups excluding tert-OH is 4. The van der Waals surface area contributed by atoms with Crippen LogP contribution < -0.4 is 0 Å². The van der Waals surface area contributed by atoms with Gasteiger partial charge in [-0.25, -0.2) is 0 Å². The van der Waals surface area contributed by atoms with Gasteiger partial charge >= 0.3 is 0 Å². The first-order valence-corrected chi connectivity index (χ1v) is 14.1. The van der Waals surface area contributed by atoms with Gasteiger partial charge in [0.15, 0.2) is 5.79 Å². The first-order chi connectivity index (χ1) is 16.7. The number of hydrogen-bond donors (Lipinski definition) is 7. The minimum atomic E-state index is -1.85. The van der Waals surface area contributed by atoms with E-state index in [-0.39, 0.29) is 18.4 Å². The molecule has 7 fully saturated rings. The van der Waals surface area contributed by atoms with Gasteiger partial charge in [-0.1, -0.05) is 13.8 Å². The Balaban J connectivity index is 1.37. The molecule has 4 saturated carbocycles. The van der Waals surface area contributed by atoms with Crippen LogP contribution in [0, 0.1) is 40.9 Å². The molecule has 7 N–H and O–H groups in total. The first kappa shape index (κ1) is 24.7. The molecule has 7 rings (SSSR count). The summed E-state index contributed by atoms with van der Waals surface area (Å²) in [4.78, 5) is 2.30. The average molecular weight is 510 g/mol. The van der Waals surface area contributed by atoms with E-state index in [1.165, 1.54) is 0 Å². The molecular formula is C27H43NO8. The molecule has 0 aromatic heterocycles. The fourth-order valence-corrected chi connectivity index (χ4v) is 11.4. The van der Waals surface area contributed by atoms with Crippen molar-refractivity contribution in [3.8, 4) is 0 Å². The van der Waals surface area contributed by atoms with E-state index in [0.717, 1.165) is 19.4 Å². The minimum Gasteiger partial charge on any atom is -0.393 e. The first-order valence-electron chi connectivity index (χ1n) is 14.1. The second-order valence-corrected chi connectivity index (χ2v) is 14.2. The average Bonchev–Trinajstić information content (AvgIpc) is 3.08. The molecule has 3 saturated heterocycles. The normalized spacial score (nSPS) is 68.0. The molecule has 7 aliphatic rings. The molecule has 0 aromatic rings. The van der Waals surface area contributed by atoms with Crippen LogP contribution in [0.5, 0.6) is 0 Å². The molecule has 3 heterocycles. The molecule has 9 heteroatoms. The summed E-state index contributed by atoms with van der Waals surface area (Å²) in [6.07, 6.45) is -1.92. The van der Waals surface area contributed by atoms with Gasteiger partial charge in [-0.15, -0.1) is 0 Å². The number of nitrogens with zero attached hydrogens (tertiary/aromatic N) is 1. The van der Waals surface area contributed by atoms with Gasteiger partial charge in [0.05, 0.1) is 23.4 Å². The van der Waals surface area contributed by atoms with E-state index in [1.54, 1.807) is 6.92 Å². The summed E-state index contributed by atoms with van der Waals surface area (Å²) in [6, 6.07) is -0.130. The summed E-state index contributed by atoms with van der Waals surface area (Å²) in [5.41, 5.74) is -4.88. The Bertz CT molecular complexity index is 964. The Morgan fingerprint density at radius 3 is 2.39 bits per heavy atom.